The van der Waals surface area contributed by atoms with E-state index in [1.165, 1.54) is 0 Å². The lowest BCUT2D eigenvalue weighted by Crippen LogP contribution is -2.34. The second kappa shape index (κ2) is 7.26. The summed E-state index contributed by atoms with van der Waals surface area (Å²) in [6, 6.07) is 3.61. The molecule has 0 saturated heterocycles. The fourth-order valence-electron chi connectivity index (χ4n) is 1.75. The third-order valence-electron chi connectivity index (χ3n) is 2.78. The Kier molecular flexibility index (Phi) is 6.26. The monoisotopic (exact) mass is 346 g/mol. The quantitative estimate of drug-likeness (QED) is 0.612. The summed E-state index contributed by atoms with van der Waals surface area (Å²) in [5.74, 6) is 7.04. The molecule has 0 aliphatic heterocycles. The van der Waals surface area contributed by atoms with E-state index in [2.05, 4.69) is 21.4 Å². The first-order valence-corrected chi connectivity index (χ1v) is 7.13. The van der Waals surface area contributed by atoms with Crippen molar-refractivity contribution in [2.24, 2.45) is 5.84 Å². The minimum Gasteiger partial charge on any atom is -0.495 e. The van der Waals surface area contributed by atoms with E-state index in [-0.39, 0.29) is 11.6 Å². The second-order valence-electron chi connectivity index (χ2n) is 5.35. The molecule has 1 atom stereocenters. The maximum absolute atomic E-state index is 5.79. The van der Waals surface area contributed by atoms with Crippen LogP contribution < -0.4 is 20.7 Å². The highest BCUT2D eigenvalue weighted by Gasteiger charge is 2.22. The molecular formula is C14H23BrN2O3. The maximum Gasteiger partial charge on any atom is 0.141 e. The maximum atomic E-state index is 5.79. The zero-order valence-electron chi connectivity index (χ0n) is 12.6. The third kappa shape index (κ3) is 4.34. The Morgan fingerprint density at radius 2 is 1.90 bits per heavy atom. The highest BCUT2D eigenvalue weighted by atomic mass is 79.9. The Bertz CT molecular complexity index is 447. The molecule has 0 bridgehead atoms. The van der Waals surface area contributed by atoms with Crippen LogP contribution >= 0.6 is 15.9 Å². The summed E-state index contributed by atoms with van der Waals surface area (Å²) in [7, 11) is 3.22. The van der Waals surface area contributed by atoms with Crippen molar-refractivity contribution in [1.29, 1.82) is 0 Å². The van der Waals surface area contributed by atoms with Crippen LogP contribution in [0, 0.1) is 0 Å². The van der Waals surface area contributed by atoms with Gasteiger partial charge in [-0.3, -0.25) is 11.3 Å². The molecular weight excluding hydrogens is 324 g/mol. The van der Waals surface area contributed by atoms with E-state index in [9.17, 15) is 0 Å². The van der Waals surface area contributed by atoms with Gasteiger partial charge in [0.15, 0.2) is 0 Å². The molecule has 1 aromatic rings. The number of rotatable bonds is 6. The molecule has 0 amide bonds. The Hall–Kier alpha value is -0.820. The van der Waals surface area contributed by atoms with Gasteiger partial charge in [-0.2, -0.15) is 0 Å². The largest absolute Gasteiger partial charge is 0.495 e. The molecule has 0 aliphatic rings. The average Bonchev–Trinajstić information content (AvgIpc) is 2.38. The molecule has 3 N–H and O–H groups in total. The molecule has 1 aromatic carbocycles. The Morgan fingerprint density at radius 3 is 2.35 bits per heavy atom. The number of benzene rings is 1. The first kappa shape index (κ1) is 17.2. The van der Waals surface area contributed by atoms with Crippen molar-refractivity contribution in [1.82, 2.24) is 5.43 Å². The minimum absolute atomic E-state index is 0.175. The van der Waals surface area contributed by atoms with Crippen molar-refractivity contribution >= 4 is 15.9 Å². The molecule has 0 radical (unpaired) electrons. The standard InChI is InChI=1S/C14H23BrN2O3/c1-14(2,3)20-8-10(17-16)9-6-7-11(18-4)12(15)13(9)19-5/h6-7,10,17H,8,16H2,1-5H3. The van der Waals surface area contributed by atoms with E-state index >= 15 is 0 Å². The Labute approximate surface area is 128 Å². The van der Waals surface area contributed by atoms with Crippen molar-refractivity contribution in [3.8, 4) is 11.5 Å². The average molecular weight is 347 g/mol. The summed E-state index contributed by atoms with van der Waals surface area (Å²) in [5, 5.41) is 0. The summed E-state index contributed by atoms with van der Waals surface area (Å²) in [5.41, 5.74) is 3.44. The summed E-state index contributed by atoms with van der Waals surface area (Å²) in [4.78, 5) is 0. The van der Waals surface area contributed by atoms with Crippen LogP contribution in [-0.2, 0) is 4.74 Å². The van der Waals surface area contributed by atoms with Gasteiger partial charge < -0.3 is 14.2 Å². The van der Waals surface area contributed by atoms with E-state index in [1.807, 2.05) is 32.9 Å². The van der Waals surface area contributed by atoms with E-state index in [1.54, 1.807) is 14.2 Å². The van der Waals surface area contributed by atoms with Gasteiger partial charge in [0.1, 0.15) is 16.0 Å². The van der Waals surface area contributed by atoms with Crippen molar-refractivity contribution in [3.05, 3.63) is 22.2 Å². The molecule has 0 aliphatic carbocycles. The molecule has 0 aromatic heterocycles. The number of halogens is 1. The number of hydrazine groups is 1. The SMILES string of the molecule is COc1ccc(C(COC(C)(C)C)NN)c(OC)c1Br. The van der Waals surface area contributed by atoms with Gasteiger partial charge in [-0.15, -0.1) is 0 Å². The van der Waals surface area contributed by atoms with Crippen LogP contribution in [-0.4, -0.2) is 26.4 Å². The van der Waals surface area contributed by atoms with Crippen LogP contribution in [0.4, 0.5) is 0 Å². The third-order valence-corrected chi connectivity index (χ3v) is 3.53. The zero-order chi connectivity index (χ0) is 15.3. The number of nitrogens with one attached hydrogen (secondary N) is 1. The molecule has 0 fully saturated rings. The van der Waals surface area contributed by atoms with Gasteiger partial charge in [0.05, 0.1) is 32.5 Å². The molecule has 0 spiro atoms. The molecule has 0 heterocycles. The molecule has 0 saturated carbocycles. The van der Waals surface area contributed by atoms with Crippen molar-refractivity contribution in [3.63, 3.8) is 0 Å². The molecule has 114 valence electrons. The lowest BCUT2D eigenvalue weighted by molar-refractivity contribution is -0.0150. The highest BCUT2D eigenvalue weighted by molar-refractivity contribution is 9.10. The van der Waals surface area contributed by atoms with Gasteiger partial charge in [0, 0.05) is 5.56 Å². The summed E-state index contributed by atoms with van der Waals surface area (Å²) in [6.07, 6.45) is 0. The number of nitrogens with two attached hydrogens (primary N) is 1. The van der Waals surface area contributed by atoms with E-state index in [4.69, 9.17) is 20.1 Å². The van der Waals surface area contributed by atoms with E-state index in [0.29, 0.717) is 18.1 Å². The number of hydrogen-bond acceptors (Lipinski definition) is 5. The van der Waals surface area contributed by atoms with Crippen molar-refractivity contribution in [2.45, 2.75) is 32.4 Å². The predicted octanol–water partition coefficient (Wildman–Crippen LogP) is 2.79. The molecule has 1 rings (SSSR count). The smallest absolute Gasteiger partial charge is 0.141 e. The van der Waals surface area contributed by atoms with Crippen LogP contribution in [0.5, 0.6) is 11.5 Å². The predicted molar refractivity (Wildman–Crippen MR) is 83.0 cm³/mol. The van der Waals surface area contributed by atoms with Gasteiger partial charge in [-0.05, 0) is 48.8 Å². The van der Waals surface area contributed by atoms with Gasteiger partial charge in [-0.25, -0.2) is 0 Å². The first-order chi connectivity index (χ1) is 9.34. The number of ether oxygens (including phenoxy) is 3. The molecule has 20 heavy (non-hydrogen) atoms. The lowest BCUT2D eigenvalue weighted by atomic mass is 10.1. The van der Waals surface area contributed by atoms with Gasteiger partial charge in [0.25, 0.3) is 0 Å². The van der Waals surface area contributed by atoms with Crippen LogP contribution in [0.2, 0.25) is 0 Å². The molecule has 6 heteroatoms. The van der Waals surface area contributed by atoms with Crippen molar-refractivity contribution < 1.29 is 14.2 Å². The van der Waals surface area contributed by atoms with Gasteiger partial charge >= 0.3 is 0 Å². The highest BCUT2D eigenvalue weighted by Crippen LogP contribution is 2.39. The van der Waals surface area contributed by atoms with E-state index < -0.39 is 0 Å². The van der Waals surface area contributed by atoms with E-state index in [0.717, 1.165) is 10.0 Å². The molecule has 5 nitrogen and oxygen atoms in total. The van der Waals surface area contributed by atoms with Crippen LogP contribution in [0.25, 0.3) is 0 Å². The normalized spacial score (nSPS) is 13.2. The van der Waals surface area contributed by atoms with Crippen LogP contribution in [0.15, 0.2) is 16.6 Å². The van der Waals surface area contributed by atoms with Gasteiger partial charge in [0.2, 0.25) is 0 Å². The number of hydrogen-bond donors (Lipinski definition) is 2. The second-order valence-corrected chi connectivity index (χ2v) is 6.14. The fourth-order valence-corrected chi connectivity index (χ4v) is 2.44. The fraction of sp³-hybridized carbons (Fsp3) is 0.571. The summed E-state index contributed by atoms with van der Waals surface area (Å²) in [6.45, 7) is 6.44. The van der Waals surface area contributed by atoms with Gasteiger partial charge in [-0.1, -0.05) is 0 Å². The van der Waals surface area contributed by atoms with Crippen LogP contribution in [0.3, 0.4) is 0 Å². The summed E-state index contributed by atoms with van der Waals surface area (Å²) < 4.78 is 17.3. The Balaban J connectivity index is 3.06. The minimum atomic E-state index is -0.230. The lowest BCUT2D eigenvalue weighted by Gasteiger charge is -2.25. The number of methoxy groups -OCH3 is 2. The first-order valence-electron chi connectivity index (χ1n) is 6.34. The molecule has 1 unspecified atom stereocenters. The van der Waals surface area contributed by atoms with Crippen molar-refractivity contribution in [2.75, 3.05) is 20.8 Å². The zero-order valence-corrected chi connectivity index (χ0v) is 14.2. The Morgan fingerprint density at radius 1 is 1.25 bits per heavy atom. The summed E-state index contributed by atoms with van der Waals surface area (Å²) >= 11 is 3.48. The topological polar surface area (TPSA) is 65.7 Å². The van der Waals surface area contributed by atoms with Crippen LogP contribution in [0.1, 0.15) is 32.4 Å².